The average molecular weight is 206 g/mol. The van der Waals surface area contributed by atoms with E-state index < -0.39 is 37.2 Å². The first-order valence-electron chi connectivity index (χ1n) is 4.38. The van der Waals surface area contributed by atoms with Crippen LogP contribution in [0.25, 0.3) is 0 Å². The highest BCUT2D eigenvalue weighted by atomic mass is 16.3. The van der Waals surface area contributed by atoms with E-state index in [9.17, 15) is 4.79 Å². The van der Waals surface area contributed by atoms with Gasteiger partial charge < -0.3 is 26.4 Å². The summed E-state index contributed by atoms with van der Waals surface area (Å²) in [7, 11) is 0. The van der Waals surface area contributed by atoms with E-state index in [1.807, 2.05) is 0 Å². The van der Waals surface area contributed by atoms with Crippen LogP contribution in [0.1, 0.15) is 6.92 Å². The number of hydrogen-bond acceptors (Lipinski definition) is 5. The van der Waals surface area contributed by atoms with Crippen LogP contribution in [0.4, 0.5) is 0 Å². The fourth-order valence-electron chi connectivity index (χ4n) is 0.788. The third kappa shape index (κ3) is 3.59. The van der Waals surface area contributed by atoms with Crippen LogP contribution in [-0.4, -0.2) is 53.1 Å². The van der Waals surface area contributed by atoms with E-state index in [-0.39, 0.29) is 6.54 Å². The van der Waals surface area contributed by atoms with E-state index in [1.165, 1.54) is 0 Å². The maximum absolute atomic E-state index is 10.7. The van der Waals surface area contributed by atoms with Gasteiger partial charge in [0.15, 0.2) is 0 Å². The van der Waals surface area contributed by atoms with E-state index in [0.717, 1.165) is 0 Å². The quantitative estimate of drug-likeness (QED) is 0.313. The molecule has 0 fully saturated rings. The van der Waals surface area contributed by atoms with Crippen molar-refractivity contribution in [2.24, 2.45) is 11.7 Å². The van der Waals surface area contributed by atoms with Crippen LogP contribution >= 0.6 is 0 Å². The second-order valence-corrected chi connectivity index (χ2v) is 3.44. The molecule has 0 heterocycles. The second-order valence-electron chi connectivity index (χ2n) is 3.44. The van der Waals surface area contributed by atoms with Crippen molar-refractivity contribution in [1.82, 2.24) is 5.32 Å². The zero-order chi connectivity index (χ0) is 11.2. The smallest absolute Gasteiger partial charge is 0.221 e. The van der Waals surface area contributed by atoms with Gasteiger partial charge in [-0.25, -0.2) is 0 Å². The van der Waals surface area contributed by atoms with Crippen molar-refractivity contribution in [2.45, 2.75) is 12.5 Å². The van der Waals surface area contributed by atoms with Gasteiger partial charge in [-0.1, -0.05) is 6.92 Å². The molecule has 1 atom stereocenters. The number of nitrogens with two attached hydrogens (primary N) is 1. The Bertz CT molecular complexity index is 174. The van der Waals surface area contributed by atoms with E-state index in [1.54, 1.807) is 6.92 Å². The van der Waals surface area contributed by atoms with E-state index in [4.69, 9.17) is 21.1 Å². The minimum atomic E-state index is -1.15. The summed E-state index contributed by atoms with van der Waals surface area (Å²) in [6.45, 7) is 0.589. The lowest BCUT2D eigenvalue weighted by Gasteiger charge is -2.29. The van der Waals surface area contributed by atoms with Crippen LogP contribution < -0.4 is 11.1 Å². The number of aliphatic hydroxyl groups excluding tert-OH is 3. The molecule has 84 valence electrons. The largest absolute Gasteiger partial charge is 0.394 e. The molecule has 6 nitrogen and oxygen atoms in total. The zero-order valence-electron chi connectivity index (χ0n) is 8.23. The Kier molecular flexibility index (Phi) is 5.63. The Morgan fingerprint density at radius 1 is 1.36 bits per heavy atom. The first-order valence-corrected chi connectivity index (χ1v) is 4.38. The Hall–Kier alpha value is -0.690. The van der Waals surface area contributed by atoms with Crippen LogP contribution in [0.2, 0.25) is 0 Å². The fraction of sp³-hybridized carbons (Fsp3) is 0.875. The molecule has 0 rings (SSSR count). The minimum absolute atomic E-state index is 0.205. The van der Waals surface area contributed by atoms with Gasteiger partial charge in [-0.15, -0.1) is 0 Å². The molecule has 6 heteroatoms. The number of aliphatic hydroxyl groups is 3. The van der Waals surface area contributed by atoms with E-state index >= 15 is 0 Å². The number of primary amides is 1. The number of carbonyl (C=O) groups is 1. The number of hydrogen-bond donors (Lipinski definition) is 5. The predicted molar refractivity (Wildman–Crippen MR) is 50.3 cm³/mol. The molecule has 0 aliphatic rings. The van der Waals surface area contributed by atoms with Crippen LogP contribution in [0.5, 0.6) is 0 Å². The lowest BCUT2D eigenvalue weighted by molar-refractivity contribution is -0.121. The summed E-state index contributed by atoms with van der Waals surface area (Å²) in [6, 6.07) is 0. The fourth-order valence-corrected chi connectivity index (χ4v) is 0.788. The number of amides is 1. The molecule has 0 bridgehead atoms. The molecule has 1 unspecified atom stereocenters. The van der Waals surface area contributed by atoms with E-state index in [2.05, 4.69) is 5.32 Å². The summed E-state index contributed by atoms with van der Waals surface area (Å²) in [5, 5.41) is 29.5. The van der Waals surface area contributed by atoms with Crippen molar-refractivity contribution in [3.05, 3.63) is 0 Å². The van der Waals surface area contributed by atoms with Crippen LogP contribution in [0.15, 0.2) is 0 Å². The second kappa shape index (κ2) is 5.92. The first kappa shape index (κ1) is 13.3. The topological polar surface area (TPSA) is 116 Å². The van der Waals surface area contributed by atoms with Gasteiger partial charge in [0, 0.05) is 12.5 Å². The molecule has 0 radical (unpaired) electrons. The molecule has 0 aromatic heterocycles. The summed E-state index contributed by atoms with van der Waals surface area (Å²) >= 11 is 0. The minimum Gasteiger partial charge on any atom is -0.394 e. The molecule has 0 saturated carbocycles. The van der Waals surface area contributed by atoms with Crippen LogP contribution in [0, 0.1) is 5.92 Å². The SMILES string of the molecule is CC(CNC(CO)(CO)CO)C(N)=O. The van der Waals surface area contributed by atoms with E-state index in [0.29, 0.717) is 0 Å². The Labute approximate surface area is 82.7 Å². The zero-order valence-corrected chi connectivity index (χ0v) is 8.23. The molecule has 0 aliphatic heterocycles. The lowest BCUT2D eigenvalue weighted by atomic mass is 10.0. The molecule has 0 saturated heterocycles. The molecular weight excluding hydrogens is 188 g/mol. The van der Waals surface area contributed by atoms with Gasteiger partial charge in [-0.2, -0.15) is 0 Å². The predicted octanol–water partition coefficient (Wildman–Crippen LogP) is -2.59. The van der Waals surface area contributed by atoms with Gasteiger partial charge in [0.05, 0.1) is 25.4 Å². The Balaban J connectivity index is 4.12. The third-order valence-corrected chi connectivity index (χ3v) is 2.18. The maximum atomic E-state index is 10.7. The highest BCUT2D eigenvalue weighted by molar-refractivity contribution is 5.76. The van der Waals surface area contributed by atoms with Crippen molar-refractivity contribution in [2.75, 3.05) is 26.4 Å². The number of carbonyl (C=O) groups excluding carboxylic acids is 1. The monoisotopic (exact) mass is 206 g/mol. The summed E-state index contributed by atoms with van der Waals surface area (Å²) in [4.78, 5) is 10.7. The lowest BCUT2D eigenvalue weighted by Crippen LogP contribution is -2.56. The molecule has 1 amide bonds. The van der Waals surface area contributed by atoms with Gasteiger partial charge in [0.1, 0.15) is 0 Å². The van der Waals surface area contributed by atoms with Crippen molar-refractivity contribution in [3.8, 4) is 0 Å². The molecule has 0 aliphatic carbocycles. The van der Waals surface area contributed by atoms with Crippen molar-refractivity contribution < 1.29 is 20.1 Å². The van der Waals surface area contributed by atoms with Gasteiger partial charge in [-0.05, 0) is 0 Å². The van der Waals surface area contributed by atoms with Crippen molar-refractivity contribution >= 4 is 5.91 Å². The highest BCUT2D eigenvalue weighted by Gasteiger charge is 2.28. The summed E-state index contributed by atoms with van der Waals surface area (Å²) in [5.74, 6) is -0.890. The highest BCUT2D eigenvalue weighted by Crippen LogP contribution is 2.03. The molecule has 14 heavy (non-hydrogen) atoms. The van der Waals surface area contributed by atoms with Gasteiger partial charge in [-0.3, -0.25) is 4.79 Å². The molecule has 6 N–H and O–H groups in total. The Morgan fingerprint density at radius 3 is 2.07 bits per heavy atom. The molecule has 0 spiro atoms. The standard InChI is InChI=1S/C8H18N2O4/c1-6(7(9)14)2-10-8(3-11,4-12)5-13/h6,10-13H,2-5H2,1H3,(H2,9,14). The van der Waals surface area contributed by atoms with Gasteiger partial charge in [0.25, 0.3) is 0 Å². The Morgan fingerprint density at radius 2 is 1.79 bits per heavy atom. The molecular formula is C8H18N2O4. The summed E-state index contributed by atoms with van der Waals surface area (Å²) in [6.07, 6.45) is 0. The summed E-state index contributed by atoms with van der Waals surface area (Å²) in [5.41, 5.74) is 3.87. The normalized spacial score (nSPS) is 14.0. The van der Waals surface area contributed by atoms with Crippen molar-refractivity contribution in [1.29, 1.82) is 0 Å². The summed E-state index contributed by atoms with van der Waals surface area (Å²) < 4.78 is 0. The third-order valence-electron chi connectivity index (χ3n) is 2.18. The maximum Gasteiger partial charge on any atom is 0.221 e. The number of nitrogens with one attached hydrogen (secondary N) is 1. The first-order chi connectivity index (χ1) is 6.51. The van der Waals surface area contributed by atoms with Crippen LogP contribution in [0.3, 0.4) is 0 Å². The van der Waals surface area contributed by atoms with Gasteiger partial charge in [0.2, 0.25) is 5.91 Å². The molecule has 0 aromatic carbocycles. The van der Waals surface area contributed by atoms with Crippen molar-refractivity contribution in [3.63, 3.8) is 0 Å². The average Bonchev–Trinajstić information content (AvgIpc) is 2.20. The molecule has 0 aromatic rings. The van der Waals surface area contributed by atoms with Gasteiger partial charge >= 0.3 is 0 Å². The number of rotatable bonds is 7. The van der Waals surface area contributed by atoms with Crippen LogP contribution in [-0.2, 0) is 4.79 Å².